The zero-order valence-corrected chi connectivity index (χ0v) is 16.3. The molecule has 0 aliphatic rings. The third-order valence-corrected chi connectivity index (χ3v) is 3.56. The van der Waals surface area contributed by atoms with Crippen LogP contribution in [0, 0.1) is 11.8 Å². The maximum Gasteiger partial charge on any atom is 0.349 e. The molecule has 0 saturated heterocycles. The fraction of sp³-hybridized carbons (Fsp3) is 0.227. The largest absolute Gasteiger partial charge is 0.493 e. The molecule has 0 spiro atoms. The second-order valence-corrected chi connectivity index (χ2v) is 5.35. The standard InChI is InChI=1S/C22H22O6/c1-5-27-22(23)17(15-28-18-9-7-6-8-10-18)12-11-16-13-19(24-2)21(26-4)20(14-16)25-3/h6-10,13-15H,5H2,1-4H3. The van der Waals surface area contributed by atoms with Gasteiger partial charge in [-0.2, -0.15) is 0 Å². The van der Waals surface area contributed by atoms with E-state index in [1.165, 1.54) is 27.6 Å². The van der Waals surface area contributed by atoms with Gasteiger partial charge in [-0.25, -0.2) is 4.79 Å². The lowest BCUT2D eigenvalue weighted by Crippen LogP contribution is -2.07. The summed E-state index contributed by atoms with van der Waals surface area (Å²) in [5, 5.41) is 0. The number of hydrogen-bond donors (Lipinski definition) is 0. The fourth-order valence-electron chi connectivity index (χ4n) is 2.26. The van der Waals surface area contributed by atoms with Crippen LogP contribution in [0.5, 0.6) is 23.0 Å². The second-order valence-electron chi connectivity index (χ2n) is 5.35. The summed E-state index contributed by atoms with van der Waals surface area (Å²) in [5.41, 5.74) is 0.656. The van der Waals surface area contributed by atoms with Crippen LogP contribution in [0.15, 0.2) is 54.3 Å². The van der Waals surface area contributed by atoms with Gasteiger partial charge in [-0.3, -0.25) is 0 Å². The summed E-state index contributed by atoms with van der Waals surface area (Å²) < 4.78 is 26.5. The van der Waals surface area contributed by atoms with E-state index in [0.29, 0.717) is 28.6 Å². The van der Waals surface area contributed by atoms with Crippen molar-refractivity contribution in [3.63, 3.8) is 0 Å². The van der Waals surface area contributed by atoms with E-state index in [1.54, 1.807) is 31.2 Å². The molecule has 0 fully saturated rings. The number of ether oxygens (including phenoxy) is 5. The van der Waals surface area contributed by atoms with E-state index in [2.05, 4.69) is 11.8 Å². The SMILES string of the molecule is CCOC(=O)C(C#Cc1cc(OC)c(OC)c(OC)c1)=COc1ccccc1. The Hall–Kier alpha value is -3.59. The lowest BCUT2D eigenvalue weighted by atomic mass is 10.1. The predicted octanol–water partition coefficient (Wildman–Crippen LogP) is 3.59. The average Bonchev–Trinajstić information content (AvgIpc) is 2.73. The first-order valence-corrected chi connectivity index (χ1v) is 8.54. The molecule has 28 heavy (non-hydrogen) atoms. The number of carbonyl (C=O) groups is 1. The van der Waals surface area contributed by atoms with Crippen LogP contribution in [0.2, 0.25) is 0 Å². The Morgan fingerprint density at radius 2 is 1.64 bits per heavy atom. The van der Waals surface area contributed by atoms with Crippen molar-refractivity contribution in [2.75, 3.05) is 27.9 Å². The zero-order valence-electron chi connectivity index (χ0n) is 16.3. The first-order chi connectivity index (χ1) is 13.6. The van der Waals surface area contributed by atoms with Crippen molar-refractivity contribution in [2.24, 2.45) is 0 Å². The summed E-state index contributed by atoms with van der Waals surface area (Å²) in [7, 11) is 4.56. The highest BCUT2D eigenvalue weighted by atomic mass is 16.5. The predicted molar refractivity (Wildman–Crippen MR) is 105 cm³/mol. The van der Waals surface area contributed by atoms with E-state index >= 15 is 0 Å². The molecular formula is C22H22O6. The molecule has 0 amide bonds. The number of hydrogen-bond acceptors (Lipinski definition) is 6. The summed E-state index contributed by atoms with van der Waals surface area (Å²) in [5.74, 6) is 7.10. The topological polar surface area (TPSA) is 63.2 Å². The van der Waals surface area contributed by atoms with Gasteiger partial charge in [0, 0.05) is 5.56 Å². The van der Waals surface area contributed by atoms with Crippen LogP contribution in [0.4, 0.5) is 0 Å². The molecule has 2 rings (SSSR count). The average molecular weight is 382 g/mol. The number of para-hydroxylation sites is 1. The van der Waals surface area contributed by atoms with Gasteiger partial charge in [0.1, 0.15) is 17.6 Å². The van der Waals surface area contributed by atoms with Gasteiger partial charge in [-0.15, -0.1) is 0 Å². The molecule has 0 N–H and O–H groups in total. The van der Waals surface area contributed by atoms with Gasteiger partial charge in [0.05, 0.1) is 27.9 Å². The molecule has 0 unspecified atom stereocenters. The van der Waals surface area contributed by atoms with E-state index < -0.39 is 5.97 Å². The fourth-order valence-corrected chi connectivity index (χ4v) is 2.26. The molecule has 0 radical (unpaired) electrons. The van der Waals surface area contributed by atoms with Crippen LogP contribution < -0.4 is 18.9 Å². The molecule has 0 aliphatic carbocycles. The van der Waals surface area contributed by atoms with Crippen molar-refractivity contribution in [2.45, 2.75) is 6.92 Å². The minimum Gasteiger partial charge on any atom is -0.493 e. The van der Waals surface area contributed by atoms with E-state index in [1.807, 2.05) is 18.2 Å². The van der Waals surface area contributed by atoms with E-state index in [9.17, 15) is 4.79 Å². The maximum absolute atomic E-state index is 12.2. The highest BCUT2D eigenvalue weighted by Crippen LogP contribution is 2.37. The van der Waals surface area contributed by atoms with Crippen LogP contribution >= 0.6 is 0 Å². The van der Waals surface area contributed by atoms with Gasteiger partial charge < -0.3 is 23.7 Å². The number of methoxy groups -OCH3 is 3. The quantitative estimate of drug-likeness (QED) is 0.316. The number of benzene rings is 2. The van der Waals surface area contributed by atoms with Crippen molar-refractivity contribution in [3.8, 4) is 34.8 Å². The van der Waals surface area contributed by atoms with Crippen LogP contribution in [0.3, 0.4) is 0 Å². The lowest BCUT2D eigenvalue weighted by molar-refractivity contribution is -0.138. The minimum absolute atomic E-state index is 0.0828. The third kappa shape index (κ3) is 5.45. The van der Waals surface area contributed by atoms with Crippen molar-refractivity contribution in [1.29, 1.82) is 0 Å². The van der Waals surface area contributed by atoms with Gasteiger partial charge in [-0.05, 0) is 31.2 Å². The van der Waals surface area contributed by atoms with Crippen molar-refractivity contribution in [1.82, 2.24) is 0 Å². The molecule has 0 aliphatic heterocycles. The van der Waals surface area contributed by atoms with Gasteiger partial charge in [0.15, 0.2) is 11.5 Å². The number of carbonyl (C=O) groups excluding carboxylic acids is 1. The zero-order chi connectivity index (χ0) is 20.4. The monoisotopic (exact) mass is 382 g/mol. The van der Waals surface area contributed by atoms with Crippen LogP contribution in [-0.2, 0) is 9.53 Å². The Morgan fingerprint density at radius 3 is 2.18 bits per heavy atom. The summed E-state index contributed by atoms with van der Waals surface area (Å²) in [6, 6.07) is 12.4. The van der Waals surface area contributed by atoms with Gasteiger partial charge in [0.25, 0.3) is 0 Å². The highest BCUT2D eigenvalue weighted by molar-refractivity contribution is 5.93. The Morgan fingerprint density at radius 1 is 1.00 bits per heavy atom. The van der Waals surface area contributed by atoms with Gasteiger partial charge >= 0.3 is 5.97 Å². The number of rotatable bonds is 7. The maximum atomic E-state index is 12.2. The molecule has 0 atom stereocenters. The first-order valence-electron chi connectivity index (χ1n) is 8.54. The summed E-state index contributed by atoms with van der Waals surface area (Å²) in [6.07, 6.45) is 1.28. The highest BCUT2D eigenvalue weighted by Gasteiger charge is 2.13. The van der Waals surface area contributed by atoms with Gasteiger partial charge in [0.2, 0.25) is 5.75 Å². The van der Waals surface area contributed by atoms with Crippen molar-refractivity contribution >= 4 is 5.97 Å². The second kappa shape index (κ2) is 10.5. The Kier molecular flexibility index (Phi) is 7.79. The molecule has 0 saturated carbocycles. The Labute approximate surface area is 164 Å². The van der Waals surface area contributed by atoms with Crippen LogP contribution in [0.25, 0.3) is 0 Å². The lowest BCUT2D eigenvalue weighted by Gasteiger charge is -2.12. The van der Waals surface area contributed by atoms with Gasteiger partial charge in [-0.1, -0.05) is 30.0 Å². The molecule has 2 aromatic rings. The van der Waals surface area contributed by atoms with Crippen molar-refractivity contribution < 1.29 is 28.5 Å². The van der Waals surface area contributed by atoms with E-state index in [4.69, 9.17) is 23.7 Å². The Balaban J connectivity index is 2.37. The minimum atomic E-state index is -0.571. The van der Waals surface area contributed by atoms with Crippen molar-refractivity contribution in [3.05, 3.63) is 59.9 Å². The third-order valence-electron chi connectivity index (χ3n) is 3.56. The summed E-state index contributed by atoms with van der Waals surface area (Å²) in [4.78, 5) is 12.2. The molecule has 146 valence electrons. The smallest absolute Gasteiger partial charge is 0.349 e. The normalized spacial score (nSPS) is 10.4. The molecule has 0 heterocycles. The van der Waals surface area contributed by atoms with Crippen LogP contribution in [0.1, 0.15) is 12.5 Å². The molecule has 6 heteroatoms. The molecular weight excluding hydrogens is 360 g/mol. The summed E-state index contributed by atoms with van der Waals surface area (Å²) in [6.45, 7) is 1.95. The Bertz CT molecular complexity index is 865. The number of esters is 1. The summed E-state index contributed by atoms with van der Waals surface area (Å²) >= 11 is 0. The first kappa shape index (κ1) is 20.7. The van der Waals surface area contributed by atoms with E-state index in [0.717, 1.165) is 0 Å². The molecule has 0 bridgehead atoms. The van der Waals surface area contributed by atoms with Crippen LogP contribution in [-0.4, -0.2) is 33.9 Å². The van der Waals surface area contributed by atoms with E-state index in [-0.39, 0.29) is 12.2 Å². The molecule has 2 aromatic carbocycles. The molecule has 6 nitrogen and oxygen atoms in total. The molecule has 0 aromatic heterocycles.